The van der Waals surface area contributed by atoms with Gasteiger partial charge in [0.25, 0.3) is 5.91 Å². The lowest BCUT2D eigenvalue weighted by Crippen LogP contribution is -2.14. The number of nitrogens with one attached hydrogen (secondary N) is 1. The van der Waals surface area contributed by atoms with E-state index in [2.05, 4.69) is 5.32 Å². The number of benzene rings is 2. The summed E-state index contributed by atoms with van der Waals surface area (Å²) in [5.41, 5.74) is 0.977. The Morgan fingerprint density at radius 3 is 2.56 bits per heavy atom. The molecular formula is C21H26ClNO4. The van der Waals surface area contributed by atoms with E-state index in [4.69, 9.17) is 25.8 Å². The molecule has 0 spiro atoms. The van der Waals surface area contributed by atoms with Crippen molar-refractivity contribution in [2.75, 3.05) is 25.6 Å². The van der Waals surface area contributed by atoms with Gasteiger partial charge in [0, 0.05) is 5.56 Å². The van der Waals surface area contributed by atoms with Crippen LogP contribution in [0.15, 0.2) is 36.4 Å². The molecule has 2 aromatic rings. The lowest BCUT2D eigenvalue weighted by atomic mass is 10.1. The van der Waals surface area contributed by atoms with Gasteiger partial charge >= 0.3 is 0 Å². The van der Waals surface area contributed by atoms with Gasteiger partial charge in [-0.05, 0) is 36.6 Å². The summed E-state index contributed by atoms with van der Waals surface area (Å²) < 4.78 is 16.8. The van der Waals surface area contributed by atoms with Gasteiger partial charge in [-0.3, -0.25) is 4.79 Å². The van der Waals surface area contributed by atoms with Crippen molar-refractivity contribution < 1.29 is 19.0 Å². The zero-order chi connectivity index (χ0) is 19.8. The van der Waals surface area contributed by atoms with Crippen LogP contribution < -0.4 is 19.5 Å². The Balaban J connectivity index is 2.23. The predicted octanol–water partition coefficient (Wildman–Crippen LogP) is 5.42. The van der Waals surface area contributed by atoms with E-state index in [0.717, 1.165) is 6.42 Å². The van der Waals surface area contributed by atoms with E-state index in [-0.39, 0.29) is 5.91 Å². The summed E-state index contributed by atoms with van der Waals surface area (Å²) in [5, 5.41) is 3.19. The average Bonchev–Trinajstić information content (AvgIpc) is 2.65. The largest absolute Gasteiger partial charge is 0.493 e. The van der Waals surface area contributed by atoms with Crippen molar-refractivity contribution in [3.63, 3.8) is 0 Å². The van der Waals surface area contributed by atoms with Crippen molar-refractivity contribution in [2.24, 2.45) is 5.92 Å². The molecule has 27 heavy (non-hydrogen) atoms. The van der Waals surface area contributed by atoms with Gasteiger partial charge in [0.05, 0.1) is 31.0 Å². The topological polar surface area (TPSA) is 56.8 Å². The molecule has 0 aliphatic carbocycles. The highest BCUT2D eigenvalue weighted by molar-refractivity contribution is 6.32. The number of rotatable bonds is 9. The third-order valence-electron chi connectivity index (χ3n) is 3.65. The number of hydrogen-bond acceptors (Lipinski definition) is 4. The second-order valence-electron chi connectivity index (χ2n) is 6.49. The second-order valence-corrected chi connectivity index (χ2v) is 6.90. The van der Waals surface area contributed by atoms with Crippen molar-refractivity contribution >= 4 is 23.2 Å². The summed E-state index contributed by atoms with van der Waals surface area (Å²) in [6, 6.07) is 10.5. The van der Waals surface area contributed by atoms with Gasteiger partial charge in [-0.25, -0.2) is 0 Å². The van der Waals surface area contributed by atoms with E-state index in [1.165, 1.54) is 7.11 Å². The maximum atomic E-state index is 12.7. The van der Waals surface area contributed by atoms with Gasteiger partial charge in [-0.1, -0.05) is 44.5 Å². The Labute approximate surface area is 165 Å². The lowest BCUT2D eigenvalue weighted by molar-refractivity contribution is 0.102. The summed E-state index contributed by atoms with van der Waals surface area (Å²) in [6.45, 7) is 7.19. The Bertz CT molecular complexity index is 777. The normalized spacial score (nSPS) is 10.6. The molecule has 0 heterocycles. The van der Waals surface area contributed by atoms with E-state index in [1.54, 1.807) is 18.2 Å². The lowest BCUT2D eigenvalue weighted by Gasteiger charge is -2.16. The molecule has 1 N–H and O–H groups in total. The highest BCUT2D eigenvalue weighted by Crippen LogP contribution is 2.37. The van der Waals surface area contributed by atoms with Crippen molar-refractivity contribution in [3.8, 4) is 17.2 Å². The van der Waals surface area contributed by atoms with Gasteiger partial charge in [-0.15, -0.1) is 0 Å². The fraction of sp³-hybridized carbons (Fsp3) is 0.381. The van der Waals surface area contributed by atoms with E-state index in [1.807, 2.05) is 39.0 Å². The number of ether oxygens (including phenoxy) is 3. The number of carbonyl (C=O) groups excluding carboxylic acids is 1. The van der Waals surface area contributed by atoms with E-state index in [0.29, 0.717) is 52.7 Å². The Hall–Kier alpha value is -2.40. The molecule has 2 aromatic carbocycles. The van der Waals surface area contributed by atoms with Crippen LogP contribution in [0.2, 0.25) is 5.02 Å². The third kappa shape index (κ3) is 5.79. The van der Waals surface area contributed by atoms with Crippen molar-refractivity contribution in [3.05, 3.63) is 47.0 Å². The molecule has 0 aliphatic heterocycles. The fourth-order valence-electron chi connectivity index (χ4n) is 2.34. The highest BCUT2D eigenvalue weighted by atomic mass is 35.5. The first-order valence-electron chi connectivity index (χ1n) is 8.99. The van der Waals surface area contributed by atoms with E-state index in [9.17, 15) is 4.79 Å². The molecule has 0 aliphatic rings. The Kier molecular flexibility index (Phi) is 7.80. The number of halogens is 1. The minimum atomic E-state index is -0.307. The maximum Gasteiger partial charge on any atom is 0.255 e. The summed E-state index contributed by atoms with van der Waals surface area (Å²) in [5.74, 6) is 1.52. The zero-order valence-electron chi connectivity index (χ0n) is 16.2. The van der Waals surface area contributed by atoms with Gasteiger partial charge in [0.15, 0.2) is 11.5 Å². The van der Waals surface area contributed by atoms with E-state index >= 15 is 0 Å². The highest BCUT2D eigenvalue weighted by Gasteiger charge is 2.17. The number of carbonyl (C=O) groups is 1. The average molecular weight is 392 g/mol. The molecule has 6 heteroatoms. The number of methoxy groups -OCH3 is 1. The van der Waals surface area contributed by atoms with E-state index < -0.39 is 0 Å². The standard InChI is InChI=1S/C21H26ClNO4/c1-5-10-26-18-9-7-6-8-17(18)23-21(24)15-11-16(22)20(19(12-15)25-4)27-13-14(2)3/h6-9,11-12,14H,5,10,13H2,1-4H3,(H,23,24). The quantitative estimate of drug-likeness (QED) is 0.619. The summed E-state index contributed by atoms with van der Waals surface area (Å²) in [7, 11) is 1.52. The van der Waals surface area contributed by atoms with Crippen LogP contribution in [-0.2, 0) is 0 Å². The summed E-state index contributed by atoms with van der Waals surface area (Å²) >= 11 is 6.33. The summed E-state index contributed by atoms with van der Waals surface area (Å²) in [4.78, 5) is 12.7. The third-order valence-corrected chi connectivity index (χ3v) is 3.93. The molecule has 0 saturated carbocycles. The fourth-order valence-corrected chi connectivity index (χ4v) is 2.61. The number of hydrogen-bond donors (Lipinski definition) is 1. The molecular weight excluding hydrogens is 366 g/mol. The molecule has 2 rings (SSSR count). The van der Waals surface area contributed by atoms with Crippen LogP contribution in [-0.4, -0.2) is 26.2 Å². The molecule has 0 fully saturated rings. The first-order chi connectivity index (χ1) is 13.0. The number of anilines is 1. The zero-order valence-corrected chi connectivity index (χ0v) is 16.9. The van der Waals surface area contributed by atoms with Crippen molar-refractivity contribution in [1.82, 2.24) is 0 Å². The molecule has 0 bridgehead atoms. The second kappa shape index (κ2) is 10.1. The molecule has 0 unspecified atom stereocenters. The van der Waals surface area contributed by atoms with Crippen LogP contribution >= 0.6 is 11.6 Å². The van der Waals surface area contributed by atoms with Crippen LogP contribution in [0.3, 0.4) is 0 Å². The van der Waals surface area contributed by atoms with Crippen LogP contribution in [0.5, 0.6) is 17.2 Å². The van der Waals surface area contributed by atoms with Gasteiger partial charge in [-0.2, -0.15) is 0 Å². The minimum Gasteiger partial charge on any atom is -0.493 e. The van der Waals surface area contributed by atoms with Gasteiger partial charge in [0.1, 0.15) is 5.75 Å². The number of para-hydroxylation sites is 2. The SMILES string of the molecule is CCCOc1ccccc1NC(=O)c1cc(Cl)c(OCC(C)C)c(OC)c1. The van der Waals surface area contributed by atoms with Crippen molar-refractivity contribution in [1.29, 1.82) is 0 Å². The van der Waals surface area contributed by atoms with Crippen molar-refractivity contribution in [2.45, 2.75) is 27.2 Å². The van der Waals surface area contributed by atoms with Crippen LogP contribution in [0.25, 0.3) is 0 Å². The smallest absolute Gasteiger partial charge is 0.255 e. The van der Waals surface area contributed by atoms with Crippen LogP contribution in [0, 0.1) is 5.92 Å². The Morgan fingerprint density at radius 1 is 1.15 bits per heavy atom. The van der Waals surface area contributed by atoms with Gasteiger partial charge in [0.2, 0.25) is 0 Å². The Morgan fingerprint density at radius 2 is 1.89 bits per heavy atom. The first-order valence-corrected chi connectivity index (χ1v) is 9.37. The van der Waals surface area contributed by atoms with Gasteiger partial charge < -0.3 is 19.5 Å². The molecule has 146 valence electrons. The summed E-state index contributed by atoms with van der Waals surface area (Å²) in [6.07, 6.45) is 0.882. The molecule has 1 amide bonds. The molecule has 0 saturated heterocycles. The molecule has 0 atom stereocenters. The molecule has 5 nitrogen and oxygen atoms in total. The minimum absolute atomic E-state index is 0.307. The monoisotopic (exact) mass is 391 g/mol. The molecule has 0 radical (unpaired) electrons. The number of amides is 1. The molecule has 0 aromatic heterocycles. The maximum absolute atomic E-state index is 12.7. The predicted molar refractivity (Wildman–Crippen MR) is 109 cm³/mol. The first kappa shape index (κ1) is 20.9. The van der Waals surface area contributed by atoms with Crippen LogP contribution in [0.1, 0.15) is 37.6 Å². The van der Waals surface area contributed by atoms with Crippen LogP contribution in [0.4, 0.5) is 5.69 Å².